The highest BCUT2D eigenvalue weighted by molar-refractivity contribution is 6.30. The Kier molecular flexibility index (Phi) is 5.23. The normalized spacial score (nSPS) is 17.4. The summed E-state index contributed by atoms with van der Waals surface area (Å²) in [4.78, 5) is 25.4. The molecule has 2 rings (SSSR count). The number of benzene rings is 1. The van der Waals surface area contributed by atoms with E-state index in [0.29, 0.717) is 18.1 Å². The lowest BCUT2D eigenvalue weighted by Crippen LogP contribution is -2.42. The smallest absolute Gasteiger partial charge is 0.223 e. The van der Waals surface area contributed by atoms with E-state index in [0.717, 1.165) is 18.4 Å². The fourth-order valence-corrected chi connectivity index (χ4v) is 2.85. The first kappa shape index (κ1) is 15.8. The highest BCUT2D eigenvalue weighted by atomic mass is 35.5. The van der Waals surface area contributed by atoms with Crippen LogP contribution < -0.4 is 5.32 Å². The standard InChI is InChI=1S/C16H21ClN2O2/c1-11(14-4-3-5-15(17)10-14)18-16(21)13-6-8-19(9-7-13)12(2)20/h3-5,10-11,13H,6-9H2,1-2H3,(H,18,21). The van der Waals surface area contributed by atoms with Crippen molar-refractivity contribution in [3.8, 4) is 0 Å². The number of nitrogens with one attached hydrogen (secondary N) is 1. The Morgan fingerprint density at radius 2 is 2.00 bits per heavy atom. The Hall–Kier alpha value is -1.55. The van der Waals surface area contributed by atoms with Crippen molar-refractivity contribution in [1.82, 2.24) is 10.2 Å². The van der Waals surface area contributed by atoms with Gasteiger partial charge in [0, 0.05) is 31.0 Å². The zero-order valence-corrected chi connectivity index (χ0v) is 13.2. The number of halogens is 1. The molecule has 1 saturated heterocycles. The summed E-state index contributed by atoms with van der Waals surface area (Å²) in [5.41, 5.74) is 0.997. The molecule has 1 fully saturated rings. The number of amides is 2. The summed E-state index contributed by atoms with van der Waals surface area (Å²) < 4.78 is 0. The maximum absolute atomic E-state index is 12.3. The third kappa shape index (κ3) is 4.21. The minimum Gasteiger partial charge on any atom is -0.349 e. The van der Waals surface area contributed by atoms with Crippen LogP contribution in [0.2, 0.25) is 5.02 Å². The Labute approximate surface area is 130 Å². The average molecular weight is 309 g/mol. The lowest BCUT2D eigenvalue weighted by Gasteiger charge is -2.31. The van der Waals surface area contributed by atoms with E-state index in [2.05, 4.69) is 5.32 Å². The molecule has 0 saturated carbocycles. The second-order valence-electron chi connectivity index (χ2n) is 5.57. The van der Waals surface area contributed by atoms with E-state index in [4.69, 9.17) is 11.6 Å². The summed E-state index contributed by atoms with van der Waals surface area (Å²) >= 11 is 5.97. The average Bonchev–Trinajstić information content (AvgIpc) is 2.47. The van der Waals surface area contributed by atoms with Crippen LogP contribution in [0.4, 0.5) is 0 Å². The zero-order valence-electron chi connectivity index (χ0n) is 12.4. The number of carbonyl (C=O) groups is 2. The van der Waals surface area contributed by atoms with Crippen molar-refractivity contribution in [3.63, 3.8) is 0 Å². The molecule has 0 spiro atoms. The van der Waals surface area contributed by atoms with Crippen LogP contribution in [0.15, 0.2) is 24.3 Å². The highest BCUT2D eigenvalue weighted by Gasteiger charge is 2.26. The molecule has 0 aromatic heterocycles. The first-order valence-corrected chi connectivity index (χ1v) is 7.66. The molecule has 1 N–H and O–H groups in total. The molecule has 5 heteroatoms. The van der Waals surface area contributed by atoms with Crippen molar-refractivity contribution in [2.45, 2.75) is 32.7 Å². The van der Waals surface area contributed by atoms with Crippen LogP contribution in [0.25, 0.3) is 0 Å². The molecule has 1 aliphatic heterocycles. The summed E-state index contributed by atoms with van der Waals surface area (Å²) in [5, 5.41) is 3.71. The van der Waals surface area contributed by atoms with E-state index in [-0.39, 0.29) is 23.8 Å². The van der Waals surface area contributed by atoms with Crippen molar-refractivity contribution >= 4 is 23.4 Å². The van der Waals surface area contributed by atoms with Crippen LogP contribution in [0.1, 0.15) is 38.3 Å². The third-order valence-electron chi connectivity index (χ3n) is 4.02. The Balaban J connectivity index is 1.89. The van der Waals surface area contributed by atoms with Gasteiger partial charge >= 0.3 is 0 Å². The van der Waals surface area contributed by atoms with Crippen molar-refractivity contribution in [2.24, 2.45) is 5.92 Å². The molecule has 21 heavy (non-hydrogen) atoms. The lowest BCUT2D eigenvalue weighted by atomic mass is 9.95. The number of piperidine rings is 1. The molecule has 0 aliphatic carbocycles. The van der Waals surface area contributed by atoms with Gasteiger partial charge in [0.15, 0.2) is 0 Å². The molecule has 114 valence electrons. The molecule has 1 atom stereocenters. The van der Waals surface area contributed by atoms with Crippen LogP contribution in [-0.4, -0.2) is 29.8 Å². The van der Waals surface area contributed by atoms with Gasteiger partial charge in [0.25, 0.3) is 0 Å². The van der Waals surface area contributed by atoms with Crippen LogP contribution in [-0.2, 0) is 9.59 Å². The highest BCUT2D eigenvalue weighted by Crippen LogP contribution is 2.21. The molecular formula is C16H21ClN2O2. The Morgan fingerprint density at radius 1 is 1.33 bits per heavy atom. The number of rotatable bonds is 3. The molecule has 1 aliphatic rings. The van der Waals surface area contributed by atoms with E-state index in [1.807, 2.05) is 31.2 Å². The first-order valence-electron chi connectivity index (χ1n) is 7.28. The predicted molar refractivity (Wildman–Crippen MR) is 83.0 cm³/mol. The number of hydrogen-bond donors (Lipinski definition) is 1. The number of hydrogen-bond acceptors (Lipinski definition) is 2. The molecular weight excluding hydrogens is 288 g/mol. The fraction of sp³-hybridized carbons (Fsp3) is 0.500. The first-order chi connectivity index (χ1) is 9.97. The van der Waals surface area contributed by atoms with Gasteiger partial charge in [-0.15, -0.1) is 0 Å². The monoisotopic (exact) mass is 308 g/mol. The largest absolute Gasteiger partial charge is 0.349 e. The minimum absolute atomic E-state index is 0.0118. The summed E-state index contributed by atoms with van der Waals surface area (Å²) in [7, 11) is 0. The predicted octanol–water partition coefficient (Wildman–Crippen LogP) is 2.78. The van der Waals surface area contributed by atoms with Crippen molar-refractivity contribution in [3.05, 3.63) is 34.9 Å². The van der Waals surface area contributed by atoms with Crippen molar-refractivity contribution < 1.29 is 9.59 Å². The van der Waals surface area contributed by atoms with Crippen LogP contribution >= 0.6 is 11.6 Å². The molecule has 0 radical (unpaired) electrons. The van der Waals surface area contributed by atoms with Crippen molar-refractivity contribution in [2.75, 3.05) is 13.1 Å². The molecule has 1 heterocycles. The van der Waals surface area contributed by atoms with Crippen LogP contribution in [0.3, 0.4) is 0 Å². The van der Waals surface area contributed by atoms with Gasteiger partial charge in [0.1, 0.15) is 0 Å². The number of carbonyl (C=O) groups excluding carboxylic acids is 2. The van der Waals surface area contributed by atoms with Gasteiger partial charge < -0.3 is 10.2 Å². The maximum Gasteiger partial charge on any atom is 0.223 e. The Morgan fingerprint density at radius 3 is 2.57 bits per heavy atom. The van der Waals surface area contributed by atoms with Crippen molar-refractivity contribution in [1.29, 1.82) is 0 Å². The number of likely N-dealkylation sites (tertiary alicyclic amines) is 1. The summed E-state index contributed by atoms with van der Waals surface area (Å²) in [5.74, 6) is 0.133. The van der Waals surface area contributed by atoms with E-state index in [1.165, 1.54) is 0 Å². The van der Waals surface area contributed by atoms with Gasteiger partial charge in [-0.2, -0.15) is 0 Å². The van der Waals surface area contributed by atoms with E-state index in [1.54, 1.807) is 11.8 Å². The lowest BCUT2D eigenvalue weighted by molar-refractivity contribution is -0.134. The topological polar surface area (TPSA) is 49.4 Å². The van der Waals surface area contributed by atoms with Gasteiger partial charge in [-0.1, -0.05) is 23.7 Å². The second kappa shape index (κ2) is 6.94. The SMILES string of the molecule is CC(=O)N1CCC(C(=O)NC(C)c2cccc(Cl)c2)CC1. The maximum atomic E-state index is 12.3. The summed E-state index contributed by atoms with van der Waals surface area (Å²) in [6.07, 6.45) is 1.46. The van der Waals surface area contributed by atoms with Crippen LogP contribution in [0.5, 0.6) is 0 Å². The molecule has 0 bridgehead atoms. The molecule has 1 aromatic carbocycles. The number of nitrogens with zero attached hydrogens (tertiary/aromatic N) is 1. The van der Waals surface area contributed by atoms with Gasteiger partial charge in [-0.05, 0) is 37.5 Å². The summed E-state index contributed by atoms with van der Waals surface area (Å²) in [6.45, 7) is 4.85. The third-order valence-corrected chi connectivity index (χ3v) is 4.25. The van der Waals surface area contributed by atoms with Gasteiger partial charge in [-0.3, -0.25) is 9.59 Å². The van der Waals surface area contributed by atoms with Gasteiger partial charge in [0.05, 0.1) is 6.04 Å². The molecule has 2 amide bonds. The van der Waals surface area contributed by atoms with Crippen LogP contribution in [0, 0.1) is 5.92 Å². The molecule has 1 aromatic rings. The molecule has 1 unspecified atom stereocenters. The van der Waals surface area contributed by atoms with E-state index in [9.17, 15) is 9.59 Å². The van der Waals surface area contributed by atoms with E-state index >= 15 is 0 Å². The molecule has 4 nitrogen and oxygen atoms in total. The quantitative estimate of drug-likeness (QED) is 0.933. The minimum atomic E-state index is -0.0676. The van der Waals surface area contributed by atoms with E-state index < -0.39 is 0 Å². The summed E-state index contributed by atoms with van der Waals surface area (Å²) in [6, 6.07) is 7.45. The van der Waals surface area contributed by atoms with Gasteiger partial charge in [-0.25, -0.2) is 0 Å². The zero-order chi connectivity index (χ0) is 15.4. The fourth-order valence-electron chi connectivity index (χ4n) is 2.65. The van der Waals surface area contributed by atoms with Gasteiger partial charge in [0.2, 0.25) is 11.8 Å². The second-order valence-corrected chi connectivity index (χ2v) is 6.00. The Bertz CT molecular complexity index is 525.